The van der Waals surface area contributed by atoms with Gasteiger partial charge in [0.05, 0.1) is 6.04 Å². The second-order valence-electron chi connectivity index (χ2n) is 5.67. The van der Waals surface area contributed by atoms with Crippen molar-refractivity contribution >= 4 is 29.9 Å². The standard InChI is InChI=1S/C20H23F2N3O.HI/c1-4-11-26-19-8-6-5-7-16(19)13-24-20(23-3)25-14(2)15-9-10-17(21)18(22)12-15;/h4-10,12,14H,1,11,13H2,2-3H3,(H2,23,24,25);1H. The highest BCUT2D eigenvalue weighted by molar-refractivity contribution is 14.0. The van der Waals surface area contributed by atoms with Crippen LogP contribution in [0.3, 0.4) is 0 Å². The van der Waals surface area contributed by atoms with Crippen molar-refractivity contribution in [2.24, 2.45) is 4.99 Å². The lowest BCUT2D eigenvalue weighted by Gasteiger charge is -2.19. The quantitative estimate of drug-likeness (QED) is 0.260. The molecular formula is C20H24F2IN3O. The van der Waals surface area contributed by atoms with Crippen LogP contribution in [0.4, 0.5) is 8.78 Å². The first kappa shape index (κ1) is 22.9. The van der Waals surface area contributed by atoms with Crippen molar-refractivity contribution in [1.82, 2.24) is 10.6 Å². The first-order valence-electron chi connectivity index (χ1n) is 8.29. The van der Waals surface area contributed by atoms with Crippen molar-refractivity contribution in [3.63, 3.8) is 0 Å². The minimum absolute atomic E-state index is 0. The molecule has 0 radical (unpaired) electrons. The molecule has 0 aliphatic carbocycles. The molecule has 2 aromatic rings. The number of ether oxygens (including phenoxy) is 1. The van der Waals surface area contributed by atoms with Gasteiger partial charge in [-0.15, -0.1) is 24.0 Å². The molecular weight excluding hydrogens is 463 g/mol. The summed E-state index contributed by atoms with van der Waals surface area (Å²) in [4.78, 5) is 4.17. The topological polar surface area (TPSA) is 45.6 Å². The number of halogens is 3. The van der Waals surface area contributed by atoms with Gasteiger partial charge < -0.3 is 15.4 Å². The number of nitrogens with one attached hydrogen (secondary N) is 2. The van der Waals surface area contributed by atoms with Crippen LogP contribution in [0.5, 0.6) is 5.75 Å². The third-order valence-corrected chi connectivity index (χ3v) is 3.80. The van der Waals surface area contributed by atoms with Gasteiger partial charge in [0.2, 0.25) is 0 Å². The minimum atomic E-state index is -0.868. The highest BCUT2D eigenvalue weighted by Crippen LogP contribution is 2.18. The monoisotopic (exact) mass is 487 g/mol. The van der Waals surface area contributed by atoms with Crippen molar-refractivity contribution in [3.8, 4) is 5.75 Å². The molecule has 0 heterocycles. The van der Waals surface area contributed by atoms with E-state index in [2.05, 4.69) is 22.2 Å². The van der Waals surface area contributed by atoms with E-state index in [1.165, 1.54) is 6.07 Å². The van der Waals surface area contributed by atoms with E-state index >= 15 is 0 Å². The zero-order valence-electron chi connectivity index (χ0n) is 15.3. The number of guanidine groups is 1. The summed E-state index contributed by atoms with van der Waals surface area (Å²) in [5, 5.41) is 6.35. The lowest BCUT2D eigenvalue weighted by molar-refractivity contribution is 0.358. The third-order valence-electron chi connectivity index (χ3n) is 3.80. The van der Waals surface area contributed by atoms with E-state index in [0.717, 1.165) is 17.4 Å². The number of nitrogens with zero attached hydrogens (tertiary/aromatic N) is 1. The van der Waals surface area contributed by atoms with E-state index in [9.17, 15) is 8.78 Å². The van der Waals surface area contributed by atoms with Crippen LogP contribution in [0.15, 0.2) is 60.1 Å². The van der Waals surface area contributed by atoms with Gasteiger partial charge in [0.15, 0.2) is 17.6 Å². The fourth-order valence-corrected chi connectivity index (χ4v) is 2.38. The zero-order chi connectivity index (χ0) is 18.9. The largest absolute Gasteiger partial charge is 0.489 e. The number of hydrogen-bond donors (Lipinski definition) is 2. The Kier molecular flexibility index (Phi) is 9.77. The summed E-state index contributed by atoms with van der Waals surface area (Å²) in [5.74, 6) is -0.420. The molecule has 0 fully saturated rings. The van der Waals surface area contributed by atoms with Gasteiger partial charge >= 0.3 is 0 Å². The molecule has 0 aliphatic heterocycles. The summed E-state index contributed by atoms with van der Waals surface area (Å²) in [6.45, 7) is 6.42. The van der Waals surface area contributed by atoms with Gasteiger partial charge in [-0.1, -0.05) is 36.9 Å². The van der Waals surface area contributed by atoms with Gasteiger partial charge in [0.1, 0.15) is 12.4 Å². The Morgan fingerprint density at radius 1 is 1.22 bits per heavy atom. The van der Waals surface area contributed by atoms with Crippen LogP contribution in [0.25, 0.3) is 0 Å². The molecule has 0 spiro atoms. The summed E-state index contributed by atoms with van der Waals surface area (Å²) in [5.41, 5.74) is 1.60. The Morgan fingerprint density at radius 2 is 1.96 bits per heavy atom. The highest BCUT2D eigenvalue weighted by atomic mass is 127. The normalized spacial score (nSPS) is 11.9. The predicted octanol–water partition coefficient (Wildman–Crippen LogP) is 4.57. The van der Waals surface area contributed by atoms with E-state index < -0.39 is 11.6 Å². The molecule has 2 aromatic carbocycles. The maximum Gasteiger partial charge on any atom is 0.191 e. The van der Waals surface area contributed by atoms with Crippen molar-refractivity contribution in [2.75, 3.05) is 13.7 Å². The molecule has 27 heavy (non-hydrogen) atoms. The Balaban J connectivity index is 0.00000364. The minimum Gasteiger partial charge on any atom is -0.489 e. The van der Waals surface area contributed by atoms with Crippen LogP contribution >= 0.6 is 24.0 Å². The molecule has 0 saturated carbocycles. The number of rotatable bonds is 7. The van der Waals surface area contributed by atoms with E-state index in [-0.39, 0.29) is 30.0 Å². The van der Waals surface area contributed by atoms with Gasteiger partial charge in [0.25, 0.3) is 0 Å². The molecule has 2 rings (SSSR count). The molecule has 2 N–H and O–H groups in total. The van der Waals surface area contributed by atoms with Crippen LogP contribution in [0, 0.1) is 11.6 Å². The van der Waals surface area contributed by atoms with Gasteiger partial charge in [0, 0.05) is 19.2 Å². The molecule has 7 heteroatoms. The van der Waals surface area contributed by atoms with Crippen molar-refractivity contribution < 1.29 is 13.5 Å². The lowest BCUT2D eigenvalue weighted by atomic mass is 10.1. The Hall–Kier alpha value is -2.16. The molecule has 0 bridgehead atoms. The van der Waals surface area contributed by atoms with E-state index in [1.807, 2.05) is 31.2 Å². The molecule has 0 amide bonds. The van der Waals surface area contributed by atoms with Gasteiger partial charge in [-0.2, -0.15) is 0 Å². The van der Waals surface area contributed by atoms with Gasteiger partial charge in [-0.05, 0) is 30.7 Å². The molecule has 146 valence electrons. The van der Waals surface area contributed by atoms with Crippen molar-refractivity contribution in [2.45, 2.75) is 19.5 Å². The van der Waals surface area contributed by atoms with E-state index in [1.54, 1.807) is 19.2 Å². The summed E-state index contributed by atoms with van der Waals surface area (Å²) in [6.07, 6.45) is 1.69. The predicted molar refractivity (Wildman–Crippen MR) is 116 cm³/mol. The first-order valence-corrected chi connectivity index (χ1v) is 8.29. The average Bonchev–Trinajstić information content (AvgIpc) is 2.66. The van der Waals surface area contributed by atoms with Crippen LogP contribution in [0.1, 0.15) is 24.1 Å². The fourth-order valence-electron chi connectivity index (χ4n) is 2.38. The summed E-state index contributed by atoms with van der Waals surface area (Å²) in [6, 6.07) is 11.3. The molecule has 1 unspecified atom stereocenters. The molecule has 0 aliphatic rings. The zero-order valence-corrected chi connectivity index (χ0v) is 17.7. The second kappa shape index (κ2) is 11.5. The number of para-hydroxylation sites is 1. The van der Waals surface area contributed by atoms with Crippen LogP contribution in [-0.4, -0.2) is 19.6 Å². The number of aliphatic imine (C=N–C) groups is 1. The maximum absolute atomic E-state index is 13.4. The highest BCUT2D eigenvalue weighted by Gasteiger charge is 2.11. The van der Waals surface area contributed by atoms with Crippen LogP contribution < -0.4 is 15.4 Å². The van der Waals surface area contributed by atoms with Crippen LogP contribution in [0.2, 0.25) is 0 Å². The summed E-state index contributed by atoms with van der Waals surface area (Å²) >= 11 is 0. The average molecular weight is 487 g/mol. The van der Waals surface area contributed by atoms with Gasteiger partial charge in [-0.3, -0.25) is 4.99 Å². The lowest BCUT2D eigenvalue weighted by Crippen LogP contribution is -2.38. The molecule has 0 saturated heterocycles. The maximum atomic E-state index is 13.4. The van der Waals surface area contributed by atoms with Crippen molar-refractivity contribution in [3.05, 3.63) is 77.9 Å². The first-order chi connectivity index (χ1) is 12.5. The summed E-state index contributed by atoms with van der Waals surface area (Å²) < 4.78 is 32.1. The van der Waals surface area contributed by atoms with E-state index in [0.29, 0.717) is 24.7 Å². The van der Waals surface area contributed by atoms with E-state index in [4.69, 9.17) is 4.74 Å². The second-order valence-corrected chi connectivity index (χ2v) is 5.67. The SMILES string of the molecule is C=CCOc1ccccc1CNC(=NC)NC(C)c1ccc(F)c(F)c1.I. The Bertz CT molecular complexity index is 784. The number of hydrogen-bond acceptors (Lipinski definition) is 2. The van der Waals surface area contributed by atoms with Gasteiger partial charge in [-0.25, -0.2) is 8.78 Å². The molecule has 1 atom stereocenters. The summed E-state index contributed by atoms with van der Waals surface area (Å²) in [7, 11) is 1.65. The Morgan fingerprint density at radius 3 is 2.63 bits per heavy atom. The number of benzene rings is 2. The smallest absolute Gasteiger partial charge is 0.191 e. The Labute approximate surface area is 175 Å². The fraction of sp³-hybridized carbons (Fsp3) is 0.250. The van der Waals surface area contributed by atoms with Crippen molar-refractivity contribution in [1.29, 1.82) is 0 Å². The van der Waals surface area contributed by atoms with Crippen LogP contribution in [-0.2, 0) is 6.54 Å². The third kappa shape index (κ3) is 6.82. The molecule has 0 aromatic heterocycles. The molecule has 4 nitrogen and oxygen atoms in total.